The van der Waals surface area contributed by atoms with Crippen LogP contribution in [0.2, 0.25) is 0 Å². The quantitative estimate of drug-likeness (QED) is 0.548. The Morgan fingerprint density at radius 2 is 1.79 bits per heavy atom. The van der Waals surface area contributed by atoms with Crippen LogP contribution in [0.4, 0.5) is 0 Å². The van der Waals surface area contributed by atoms with Crippen LogP contribution in [0, 0.1) is 5.41 Å². The third-order valence-corrected chi connectivity index (χ3v) is 1.86. The Hall–Kier alpha value is -1.84. The van der Waals surface area contributed by atoms with E-state index < -0.39 is 5.97 Å². The highest BCUT2D eigenvalue weighted by atomic mass is 16.4. The summed E-state index contributed by atoms with van der Waals surface area (Å²) in [5.74, 6) is -0.810. The standard InChI is InChI=1S/C10H12N2O2/c1-12(2)9(11)7-5-3-4-6-8(7)10(13)14/h3-6,11H,1-2H3,(H,13,14). The molecule has 0 spiro atoms. The van der Waals surface area contributed by atoms with Crippen molar-refractivity contribution < 1.29 is 9.90 Å². The molecule has 2 N–H and O–H groups in total. The van der Waals surface area contributed by atoms with E-state index in [9.17, 15) is 4.79 Å². The molecule has 4 nitrogen and oxygen atoms in total. The molecule has 1 aromatic carbocycles. The normalized spacial score (nSPS) is 9.57. The minimum Gasteiger partial charge on any atom is -0.478 e. The predicted molar refractivity (Wildman–Crippen MR) is 53.9 cm³/mol. The van der Waals surface area contributed by atoms with Gasteiger partial charge in [0.1, 0.15) is 5.84 Å². The van der Waals surface area contributed by atoms with E-state index in [0.717, 1.165) is 0 Å². The lowest BCUT2D eigenvalue weighted by atomic mass is 10.1. The van der Waals surface area contributed by atoms with Gasteiger partial charge in [0.2, 0.25) is 0 Å². The zero-order valence-corrected chi connectivity index (χ0v) is 8.11. The number of carboxylic acid groups (broad SMARTS) is 1. The van der Waals surface area contributed by atoms with Gasteiger partial charge in [0, 0.05) is 19.7 Å². The van der Waals surface area contributed by atoms with Gasteiger partial charge in [0.25, 0.3) is 0 Å². The summed E-state index contributed by atoms with van der Waals surface area (Å²) in [4.78, 5) is 12.4. The molecule has 0 aliphatic heterocycles. The highest BCUT2D eigenvalue weighted by Crippen LogP contribution is 2.10. The highest BCUT2D eigenvalue weighted by Gasteiger charge is 2.13. The van der Waals surface area contributed by atoms with Gasteiger partial charge in [-0.05, 0) is 6.07 Å². The smallest absolute Gasteiger partial charge is 0.336 e. The largest absolute Gasteiger partial charge is 0.478 e. The molecular formula is C10H12N2O2. The fourth-order valence-electron chi connectivity index (χ4n) is 1.12. The molecule has 1 aromatic rings. The SMILES string of the molecule is CN(C)C(=N)c1ccccc1C(=O)O. The Morgan fingerprint density at radius 1 is 1.29 bits per heavy atom. The summed E-state index contributed by atoms with van der Waals surface area (Å²) < 4.78 is 0. The average Bonchev–Trinajstić information content (AvgIpc) is 2.16. The van der Waals surface area contributed by atoms with E-state index in [4.69, 9.17) is 10.5 Å². The van der Waals surface area contributed by atoms with Crippen LogP contribution < -0.4 is 0 Å². The van der Waals surface area contributed by atoms with E-state index >= 15 is 0 Å². The van der Waals surface area contributed by atoms with E-state index in [2.05, 4.69) is 0 Å². The van der Waals surface area contributed by atoms with Crippen LogP contribution in [0.5, 0.6) is 0 Å². The molecule has 0 unspecified atom stereocenters. The topological polar surface area (TPSA) is 64.4 Å². The van der Waals surface area contributed by atoms with Crippen LogP contribution in [0.1, 0.15) is 15.9 Å². The summed E-state index contributed by atoms with van der Waals surface area (Å²) in [6.07, 6.45) is 0. The second-order valence-electron chi connectivity index (χ2n) is 3.09. The third-order valence-electron chi connectivity index (χ3n) is 1.86. The van der Waals surface area contributed by atoms with Crippen molar-refractivity contribution in [1.29, 1.82) is 5.41 Å². The molecule has 0 fully saturated rings. The minimum atomic E-state index is -1.01. The van der Waals surface area contributed by atoms with Crippen molar-refractivity contribution in [3.05, 3.63) is 35.4 Å². The molecule has 0 atom stereocenters. The van der Waals surface area contributed by atoms with E-state index in [1.165, 1.54) is 6.07 Å². The van der Waals surface area contributed by atoms with Gasteiger partial charge in [-0.1, -0.05) is 18.2 Å². The number of nitrogens with zero attached hydrogens (tertiary/aromatic N) is 1. The van der Waals surface area contributed by atoms with Gasteiger partial charge in [0.15, 0.2) is 0 Å². The highest BCUT2D eigenvalue weighted by molar-refractivity contribution is 6.05. The van der Waals surface area contributed by atoms with E-state index in [1.54, 1.807) is 37.2 Å². The number of hydrogen-bond acceptors (Lipinski definition) is 2. The van der Waals surface area contributed by atoms with Gasteiger partial charge in [0.05, 0.1) is 5.56 Å². The fourth-order valence-corrected chi connectivity index (χ4v) is 1.12. The maximum atomic E-state index is 10.8. The Balaban J connectivity index is 3.20. The molecule has 14 heavy (non-hydrogen) atoms. The number of aromatic carboxylic acids is 1. The summed E-state index contributed by atoms with van der Waals surface area (Å²) in [6.45, 7) is 0. The van der Waals surface area contributed by atoms with Crippen molar-refractivity contribution in [1.82, 2.24) is 4.90 Å². The van der Waals surface area contributed by atoms with Crippen molar-refractivity contribution >= 4 is 11.8 Å². The van der Waals surface area contributed by atoms with Crippen LogP contribution in [-0.4, -0.2) is 35.9 Å². The molecule has 0 saturated heterocycles. The zero-order chi connectivity index (χ0) is 10.7. The predicted octanol–water partition coefficient (Wildman–Crippen LogP) is 1.27. The van der Waals surface area contributed by atoms with Gasteiger partial charge in [-0.25, -0.2) is 4.79 Å². The molecule has 0 bridgehead atoms. The van der Waals surface area contributed by atoms with Crippen LogP contribution >= 0.6 is 0 Å². The molecule has 0 aliphatic carbocycles. The number of benzene rings is 1. The van der Waals surface area contributed by atoms with Crippen molar-refractivity contribution in [3.8, 4) is 0 Å². The van der Waals surface area contributed by atoms with Gasteiger partial charge in [-0.15, -0.1) is 0 Å². The van der Waals surface area contributed by atoms with E-state index in [-0.39, 0.29) is 11.4 Å². The number of carboxylic acids is 1. The fraction of sp³-hybridized carbons (Fsp3) is 0.200. The number of rotatable bonds is 2. The zero-order valence-electron chi connectivity index (χ0n) is 8.11. The van der Waals surface area contributed by atoms with Crippen molar-refractivity contribution in [3.63, 3.8) is 0 Å². The van der Waals surface area contributed by atoms with Gasteiger partial charge >= 0.3 is 5.97 Å². The van der Waals surface area contributed by atoms with Gasteiger partial charge in [-0.3, -0.25) is 5.41 Å². The molecule has 0 heterocycles. The van der Waals surface area contributed by atoms with E-state index in [1.807, 2.05) is 0 Å². The molecule has 0 amide bonds. The summed E-state index contributed by atoms with van der Waals surface area (Å²) >= 11 is 0. The number of amidine groups is 1. The number of hydrogen-bond donors (Lipinski definition) is 2. The summed E-state index contributed by atoms with van der Waals surface area (Å²) in [7, 11) is 3.42. The summed E-state index contributed by atoms with van der Waals surface area (Å²) in [5, 5.41) is 16.6. The summed E-state index contributed by atoms with van der Waals surface area (Å²) in [6, 6.07) is 6.50. The van der Waals surface area contributed by atoms with Gasteiger partial charge in [-0.2, -0.15) is 0 Å². The Bertz CT molecular complexity index is 372. The third kappa shape index (κ3) is 1.90. The molecule has 0 radical (unpaired) electrons. The lowest BCUT2D eigenvalue weighted by Crippen LogP contribution is -2.23. The maximum absolute atomic E-state index is 10.8. The first-order chi connectivity index (χ1) is 6.54. The second kappa shape index (κ2) is 3.91. The molecule has 0 aromatic heterocycles. The van der Waals surface area contributed by atoms with Crippen LogP contribution in [-0.2, 0) is 0 Å². The Kier molecular flexibility index (Phi) is 2.86. The second-order valence-corrected chi connectivity index (χ2v) is 3.09. The maximum Gasteiger partial charge on any atom is 0.336 e. The molecule has 0 saturated carbocycles. The summed E-state index contributed by atoms with van der Waals surface area (Å²) in [5.41, 5.74) is 0.594. The molecule has 74 valence electrons. The Morgan fingerprint density at radius 3 is 2.21 bits per heavy atom. The molecular weight excluding hydrogens is 180 g/mol. The average molecular weight is 192 g/mol. The lowest BCUT2D eigenvalue weighted by molar-refractivity contribution is 0.0696. The first kappa shape index (κ1) is 10.2. The van der Waals surface area contributed by atoms with Crippen molar-refractivity contribution in [2.75, 3.05) is 14.1 Å². The number of carbonyl (C=O) groups is 1. The molecule has 0 aliphatic rings. The molecule has 1 rings (SSSR count). The van der Waals surface area contributed by atoms with Crippen LogP contribution in [0.15, 0.2) is 24.3 Å². The first-order valence-electron chi connectivity index (χ1n) is 4.12. The Labute approximate surface area is 82.3 Å². The van der Waals surface area contributed by atoms with Crippen LogP contribution in [0.3, 0.4) is 0 Å². The lowest BCUT2D eigenvalue weighted by Gasteiger charge is -2.15. The van der Waals surface area contributed by atoms with Crippen molar-refractivity contribution in [2.45, 2.75) is 0 Å². The minimum absolute atomic E-state index is 0.159. The monoisotopic (exact) mass is 192 g/mol. The molecule has 4 heteroatoms. The number of nitrogens with one attached hydrogen (secondary N) is 1. The van der Waals surface area contributed by atoms with Gasteiger partial charge < -0.3 is 10.0 Å². The van der Waals surface area contributed by atoms with Crippen LogP contribution in [0.25, 0.3) is 0 Å². The first-order valence-corrected chi connectivity index (χ1v) is 4.12. The van der Waals surface area contributed by atoms with E-state index in [0.29, 0.717) is 5.56 Å². The van der Waals surface area contributed by atoms with Crippen molar-refractivity contribution in [2.24, 2.45) is 0 Å².